The molecule has 1 aromatic heterocycles. The van der Waals surface area contributed by atoms with E-state index in [1.54, 1.807) is 10.9 Å². The third-order valence-electron chi connectivity index (χ3n) is 3.23. The van der Waals surface area contributed by atoms with Crippen LogP contribution in [0.5, 0.6) is 0 Å². The first-order chi connectivity index (χ1) is 8.74. The lowest BCUT2D eigenvalue weighted by atomic mass is 10.2. The largest absolute Gasteiger partial charge is 0.395 e. The number of amides is 1. The molecule has 0 bridgehead atoms. The van der Waals surface area contributed by atoms with E-state index >= 15 is 0 Å². The third kappa shape index (κ3) is 2.84. The van der Waals surface area contributed by atoms with E-state index in [0.29, 0.717) is 6.54 Å². The fourth-order valence-corrected chi connectivity index (χ4v) is 2.21. The zero-order valence-corrected chi connectivity index (χ0v) is 10.1. The number of hydrogen-bond acceptors (Lipinski definition) is 6. The molecule has 0 aromatic carbocycles. The highest BCUT2D eigenvalue weighted by atomic mass is 16.3. The maximum absolute atomic E-state index is 11.2. The van der Waals surface area contributed by atoms with Gasteiger partial charge in [-0.05, 0) is 19.4 Å². The summed E-state index contributed by atoms with van der Waals surface area (Å²) in [5, 5.41) is 16.8. The van der Waals surface area contributed by atoms with Crippen molar-refractivity contribution in [2.45, 2.75) is 25.4 Å². The fraction of sp³-hybridized carbons (Fsp3) is 0.700. The quantitative estimate of drug-likeness (QED) is 0.329. The molecule has 2 heterocycles. The first-order valence-corrected chi connectivity index (χ1v) is 6.00. The van der Waals surface area contributed by atoms with E-state index in [1.165, 1.54) is 0 Å². The molecule has 1 aliphatic heterocycles. The number of carbonyl (C=O) groups is 1. The molecule has 1 aliphatic rings. The van der Waals surface area contributed by atoms with Crippen molar-refractivity contribution in [3.8, 4) is 0 Å². The van der Waals surface area contributed by atoms with Gasteiger partial charge in [0.2, 0.25) is 0 Å². The molecule has 18 heavy (non-hydrogen) atoms. The van der Waals surface area contributed by atoms with Crippen molar-refractivity contribution in [1.29, 1.82) is 0 Å². The van der Waals surface area contributed by atoms with Crippen LogP contribution in [0.2, 0.25) is 0 Å². The number of hydrazine groups is 1. The van der Waals surface area contributed by atoms with Gasteiger partial charge in [0.25, 0.3) is 5.91 Å². The summed E-state index contributed by atoms with van der Waals surface area (Å²) in [4.78, 5) is 13.4. The number of nitrogens with two attached hydrogens (primary N) is 1. The van der Waals surface area contributed by atoms with Crippen LogP contribution in [-0.4, -0.2) is 56.6 Å². The van der Waals surface area contributed by atoms with E-state index in [0.717, 1.165) is 25.9 Å². The van der Waals surface area contributed by atoms with Gasteiger partial charge in [0, 0.05) is 12.6 Å². The Morgan fingerprint density at radius 3 is 3.17 bits per heavy atom. The number of aliphatic hydroxyl groups excluding tert-OH is 1. The van der Waals surface area contributed by atoms with E-state index < -0.39 is 5.91 Å². The molecule has 0 radical (unpaired) electrons. The van der Waals surface area contributed by atoms with Gasteiger partial charge in [-0.25, -0.2) is 5.84 Å². The Hall–Kier alpha value is -1.51. The van der Waals surface area contributed by atoms with Crippen LogP contribution in [0.4, 0.5) is 0 Å². The maximum atomic E-state index is 11.2. The monoisotopic (exact) mass is 254 g/mol. The number of likely N-dealkylation sites (tertiary alicyclic amines) is 1. The van der Waals surface area contributed by atoms with Crippen LogP contribution in [0.1, 0.15) is 23.3 Å². The molecule has 1 atom stereocenters. The lowest BCUT2D eigenvalue weighted by Gasteiger charge is -2.22. The van der Waals surface area contributed by atoms with Crippen LogP contribution in [0.25, 0.3) is 0 Å². The minimum absolute atomic E-state index is 0.193. The number of carbonyl (C=O) groups excluding carboxylic acids is 1. The lowest BCUT2D eigenvalue weighted by Crippen LogP contribution is -2.34. The molecule has 1 fully saturated rings. The van der Waals surface area contributed by atoms with Gasteiger partial charge in [0.15, 0.2) is 5.69 Å². The molecule has 0 spiro atoms. The second kappa shape index (κ2) is 5.89. The summed E-state index contributed by atoms with van der Waals surface area (Å²) in [5.74, 6) is 4.56. The van der Waals surface area contributed by atoms with Crippen LogP contribution in [-0.2, 0) is 6.54 Å². The SMILES string of the molecule is NNC(=O)c1cn(CCN2CCCC2CO)nn1. The molecular formula is C10H18N6O2. The average Bonchev–Trinajstić information content (AvgIpc) is 3.03. The fourth-order valence-electron chi connectivity index (χ4n) is 2.21. The summed E-state index contributed by atoms with van der Waals surface area (Å²) in [5.41, 5.74) is 2.22. The Bertz CT molecular complexity index is 407. The zero-order valence-electron chi connectivity index (χ0n) is 10.1. The molecule has 8 nitrogen and oxygen atoms in total. The van der Waals surface area contributed by atoms with Crippen LogP contribution in [0.15, 0.2) is 6.20 Å². The van der Waals surface area contributed by atoms with Crippen molar-refractivity contribution in [3.63, 3.8) is 0 Å². The molecule has 4 N–H and O–H groups in total. The number of nitrogens with zero attached hydrogens (tertiary/aromatic N) is 4. The van der Waals surface area contributed by atoms with E-state index in [1.807, 2.05) is 5.43 Å². The van der Waals surface area contributed by atoms with Gasteiger partial charge < -0.3 is 5.11 Å². The van der Waals surface area contributed by atoms with Gasteiger partial charge in [-0.1, -0.05) is 5.21 Å². The van der Waals surface area contributed by atoms with Gasteiger partial charge >= 0.3 is 0 Å². The summed E-state index contributed by atoms with van der Waals surface area (Å²) in [6.45, 7) is 2.62. The molecule has 100 valence electrons. The second-order valence-corrected chi connectivity index (χ2v) is 4.35. The Balaban J connectivity index is 1.86. The van der Waals surface area contributed by atoms with Gasteiger partial charge in [0.1, 0.15) is 0 Å². The number of aliphatic hydroxyl groups is 1. The van der Waals surface area contributed by atoms with Crippen molar-refractivity contribution < 1.29 is 9.90 Å². The number of rotatable bonds is 5. The van der Waals surface area contributed by atoms with Gasteiger partial charge in [-0.15, -0.1) is 5.10 Å². The minimum atomic E-state index is -0.448. The predicted molar refractivity (Wildman–Crippen MR) is 63.4 cm³/mol. The van der Waals surface area contributed by atoms with E-state index in [9.17, 15) is 9.90 Å². The van der Waals surface area contributed by atoms with Crippen molar-refractivity contribution in [3.05, 3.63) is 11.9 Å². The lowest BCUT2D eigenvalue weighted by molar-refractivity contribution is 0.0948. The molecule has 1 unspecified atom stereocenters. The molecule has 1 saturated heterocycles. The number of nitrogens with one attached hydrogen (secondary N) is 1. The van der Waals surface area contributed by atoms with Gasteiger partial charge in [-0.2, -0.15) is 0 Å². The highest BCUT2D eigenvalue weighted by Gasteiger charge is 2.23. The van der Waals surface area contributed by atoms with Crippen molar-refractivity contribution in [2.24, 2.45) is 5.84 Å². The number of nitrogen functional groups attached to an aromatic ring is 1. The van der Waals surface area contributed by atoms with Crippen molar-refractivity contribution in [1.82, 2.24) is 25.3 Å². The summed E-state index contributed by atoms with van der Waals surface area (Å²) < 4.78 is 1.61. The van der Waals surface area contributed by atoms with Crippen molar-refractivity contribution in [2.75, 3.05) is 19.7 Å². The summed E-state index contributed by atoms with van der Waals surface area (Å²) in [6.07, 6.45) is 3.71. The first kappa shape index (κ1) is 12.9. The van der Waals surface area contributed by atoms with Crippen LogP contribution >= 0.6 is 0 Å². The van der Waals surface area contributed by atoms with Crippen LogP contribution < -0.4 is 11.3 Å². The predicted octanol–water partition coefficient (Wildman–Crippen LogP) is -1.66. The number of aromatic nitrogens is 3. The Morgan fingerprint density at radius 1 is 1.61 bits per heavy atom. The van der Waals surface area contributed by atoms with Crippen LogP contribution in [0.3, 0.4) is 0 Å². The normalized spacial score (nSPS) is 20.2. The second-order valence-electron chi connectivity index (χ2n) is 4.35. The Morgan fingerprint density at radius 2 is 2.44 bits per heavy atom. The molecule has 1 aromatic rings. The number of hydrogen-bond donors (Lipinski definition) is 3. The van der Waals surface area contributed by atoms with Gasteiger partial charge in [-0.3, -0.25) is 19.8 Å². The van der Waals surface area contributed by atoms with E-state index in [2.05, 4.69) is 15.2 Å². The zero-order chi connectivity index (χ0) is 13.0. The van der Waals surface area contributed by atoms with E-state index in [-0.39, 0.29) is 18.3 Å². The first-order valence-electron chi connectivity index (χ1n) is 6.00. The molecule has 0 saturated carbocycles. The highest BCUT2D eigenvalue weighted by Crippen LogP contribution is 2.15. The summed E-state index contributed by atoms with van der Waals surface area (Å²) >= 11 is 0. The molecule has 2 rings (SSSR count). The highest BCUT2D eigenvalue weighted by molar-refractivity contribution is 5.91. The van der Waals surface area contributed by atoms with E-state index in [4.69, 9.17) is 5.84 Å². The third-order valence-corrected chi connectivity index (χ3v) is 3.23. The minimum Gasteiger partial charge on any atom is -0.395 e. The van der Waals surface area contributed by atoms with Crippen molar-refractivity contribution >= 4 is 5.91 Å². The standard InChI is InChI=1S/C10H18N6O2/c11-12-10(18)9-6-16(14-13-9)5-4-15-3-1-2-8(15)7-17/h6,8,17H,1-5,7,11H2,(H,12,18). The molecule has 1 amide bonds. The smallest absolute Gasteiger partial charge is 0.287 e. The average molecular weight is 254 g/mol. The molecule has 8 heteroatoms. The van der Waals surface area contributed by atoms with Gasteiger partial charge in [0.05, 0.1) is 19.3 Å². The maximum Gasteiger partial charge on any atom is 0.287 e. The summed E-state index contributed by atoms with van der Waals surface area (Å²) in [7, 11) is 0. The topological polar surface area (TPSA) is 109 Å². The summed E-state index contributed by atoms with van der Waals surface area (Å²) in [6, 6.07) is 0.250. The Labute approximate surface area is 105 Å². The molecular weight excluding hydrogens is 236 g/mol. The van der Waals surface area contributed by atoms with Crippen LogP contribution in [0, 0.1) is 0 Å². The Kier molecular flexibility index (Phi) is 4.24. The molecule has 0 aliphatic carbocycles.